The Morgan fingerprint density at radius 3 is 2.62 bits per heavy atom. The third-order valence-corrected chi connectivity index (χ3v) is 6.82. The molecule has 3 aromatic rings. The number of amides is 1. The Bertz CT molecular complexity index is 1490. The number of rotatable bonds is 9. The normalized spacial score (nSPS) is 14.1. The van der Waals surface area contributed by atoms with Crippen LogP contribution >= 0.6 is 15.9 Å². The second-order valence-electron chi connectivity index (χ2n) is 10.4. The number of nitrogens with zero attached hydrogens (tertiary/aromatic N) is 4. The Morgan fingerprint density at radius 1 is 1.20 bits per heavy atom. The van der Waals surface area contributed by atoms with Crippen LogP contribution in [0.5, 0.6) is 11.5 Å². The SMILES string of the molecule is C=CCc1cc(C=Nn2c(C(C)(C)C)nc3ccc(Br)cc3c2=O)cc(OCC)c1OCC(=O)N1CCOCC1. The fourth-order valence-electron chi connectivity index (χ4n) is 4.40. The first-order valence-electron chi connectivity index (χ1n) is 13.3. The van der Waals surface area contributed by atoms with Crippen LogP contribution in [-0.2, 0) is 21.4 Å². The van der Waals surface area contributed by atoms with Gasteiger partial charge in [0.1, 0.15) is 5.82 Å². The molecule has 212 valence electrons. The molecule has 0 bridgehead atoms. The van der Waals surface area contributed by atoms with Crippen molar-refractivity contribution in [3.63, 3.8) is 0 Å². The molecule has 1 aliphatic heterocycles. The molecule has 4 rings (SSSR count). The molecule has 0 atom stereocenters. The van der Waals surface area contributed by atoms with Crippen LogP contribution in [0.25, 0.3) is 10.9 Å². The number of benzene rings is 2. The Labute approximate surface area is 242 Å². The van der Waals surface area contributed by atoms with Gasteiger partial charge >= 0.3 is 0 Å². The van der Waals surface area contributed by atoms with Gasteiger partial charge in [0.2, 0.25) is 0 Å². The van der Waals surface area contributed by atoms with Gasteiger partial charge in [0.25, 0.3) is 11.5 Å². The molecule has 0 aliphatic carbocycles. The summed E-state index contributed by atoms with van der Waals surface area (Å²) in [4.78, 5) is 32.8. The predicted molar refractivity (Wildman–Crippen MR) is 160 cm³/mol. The Balaban J connectivity index is 1.72. The fraction of sp³-hybridized carbons (Fsp3) is 0.400. The van der Waals surface area contributed by atoms with Gasteiger partial charge in [-0.05, 0) is 49.2 Å². The lowest BCUT2D eigenvalue weighted by atomic mass is 9.95. The van der Waals surface area contributed by atoms with Gasteiger partial charge in [0.15, 0.2) is 18.1 Å². The Morgan fingerprint density at radius 2 is 1.95 bits per heavy atom. The molecule has 0 saturated carbocycles. The zero-order valence-corrected chi connectivity index (χ0v) is 25.0. The average molecular weight is 612 g/mol. The van der Waals surface area contributed by atoms with Crippen LogP contribution in [0.15, 0.2) is 57.4 Å². The van der Waals surface area contributed by atoms with Crippen molar-refractivity contribution in [2.45, 2.75) is 39.5 Å². The highest BCUT2D eigenvalue weighted by Gasteiger charge is 2.23. The minimum Gasteiger partial charge on any atom is -0.490 e. The summed E-state index contributed by atoms with van der Waals surface area (Å²) in [5.41, 5.74) is 1.41. The number of allylic oxidation sites excluding steroid dienone is 1. The van der Waals surface area contributed by atoms with Crippen LogP contribution in [0.3, 0.4) is 0 Å². The lowest BCUT2D eigenvalue weighted by Crippen LogP contribution is -2.43. The van der Waals surface area contributed by atoms with Crippen molar-refractivity contribution in [1.29, 1.82) is 0 Å². The van der Waals surface area contributed by atoms with Crippen LogP contribution in [0.4, 0.5) is 0 Å². The molecule has 0 unspecified atom stereocenters. The number of carbonyl (C=O) groups is 1. The number of morpholine rings is 1. The van der Waals surface area contributed by atoms with Crippen molar-refractivity contribution in [3.05, 3.63) is 74.8 Å². The maximum atomic E-state index is 13.5. The topological polar surface area (TPSA) is 95.2 Å². The van der Waals surface area contributed by atoms with E-state index in [1.807, 2.05) is 45.9 Å². The van der Waals surface area contributed by atoms with Gasteiger partial charge < -0.3 is 19.1 Å². The summed E-state index contributed by atoms with van der Waals surface area (Å²) in [5.74, 6) is 1.42. The number of hydrogen-bond donors (Lipinski definition) is 0. The molecule has 0 spiro atoms. The number of aromatic nitrogens is 2. The highest BCUT2D eigenvalue weighted by Crippen LogP contribution is 2.34. The van der Waals surface area contributed by atoms with Crippen LogP contribution in [-0.4, -0.2) is 66.2 Å². The number of carbonyl (C=O) groups excluding carboxylic acids is 1. The van der Waals surface area contributed by atoms with E-state index >= 15 is 0 Å². The van der Waals surface area contributed by atoms with Crippen molar-refractivity contribution in [1.82, 2.24) is 14.6 Å². The van der Waals surface area contributed by atoms with Crippen molar-refractivity contribution in [2.24, 2.45) is 5.10 Å². The lowest BCUT2D eigenvalue weighted by molar-refractivity contribution is -0.137. The van der Waals surface area contributed by atoms with E-state index in [-0.39, 0.29) is 18.1 Å². The van der Waals surface area contributed by atoms with E-state index in [2.05, 4.69) is 27.6 Å². The molecule has 10 heteroatoms. The zero-order valence-electron chi connectivity index (χ0n) is 23.4. The van der Waals surface area contributed by atoms with Gasteiger partial charge in [-0.15, -0.1) is 6.58 Å². The first kappa shape index (κ1) is 29.5. The van der Waals surface area contributed by atoms with Crippen molar-refractivity contribution >= 4 is 39.0 Å². The standard InChI is InChI=1S/C30H35BrN4O5/c1-6-8-21-15-20(16-25(39-7-2)27(21)40-19-26(36)34-11-13-38-14-12-34)18-32-35-28(37)23-17-22(31)9-10-24(23)33-29(35)30(3,4)5/h6,9-10,15-18H,1,7-8,11-14,19H2,2-5H3. The Hall–Kier alpha value is -3.50. The van der Waals surface area contributed by atoms with Crippen LogP contribution in [0.2, 0.25) is 0 Å². The molecule has 0 radical (unpaired) electrons. The van der Waals surface area contributed by atoms with Gasteiger partial charge in [-0.3, -0.25) is 9.59 Å². The van der Waals surface area contributed by atoms with E-state index in [9.17, 15) is 9.59 Å². The summed E-state index contributed by atoms with van der Waals surface area (Å²) in [6.45, 7) is 14.2. The lowest BCUT2D eigenvalue weighted by Gasteiger charge is -2.27. The fourth-order valence-corrected chi connectivity index (χ4v) is 4.76. The van der Waals surface area contributed by atoms with E-state index in [0.717, 1.165) is 10.0 Å². The zero-order chi connectivity index (χ0) is 28.9. The third-order valence-electron chi connectivity index (χ3n) is 6.32. The van der Waals surface area contributed by atoms with Gasteiger partial charge in [0, 0.05) is 28.5 Å². The molecule has 1 aromatic heterocycles. The molecule has 40 heavy (non-hydrogen) atoms. The second-order valence-corrected chi connectivity index (χ2v) is 11.3. The van der Waals surface area contributed by atoms with Gasteiger partial charge in [-0.1, -0.05) is 42.8 Å². The molecule has 1 saturated heterocycles. The average Bonchev–Trinajstić information content (AvgIpc) is 2.92. The molecule has 1 amide bonds. The van der Waals surface area contributed by atoms with Crippen LogP contribution in [0, 0.1) is 0 Å². The molecule has 0 N–H and O–H groups in total. The van der Waals surface area contributed by atoms with Gasteiger partial charge in [-0.25, -0.2) is 4.98 Å². The van der Waals surface area contributed by atoms with E-state index in [1.165, 1.54) is 4.68 Å². The van der Waals surface area contributed by atoms with Crippen molar-refractivity contribution in [2.75, 3.05) is 39.5 Å². The highest BCUT2D eigenvalue weighted by atomic mass is 79.9. The van der Waals surface area contributed by atoms with E-state index < -0.39 is 5.41 Å². The molecule has 2 aromatic carbocycles. The second kappa shape index (κ2) is 12.8. The largest absolute Gasteiger partial charge is 0.490 e. The van der Waals surface area contributed by atoms with Crippen molar-refractivity contribution < 1.29 is 19.0 Å². The van der Waals surface area contributed by atoms with Crippen molar-refractivity contribution in [3.8, 4) is 11.5 Å². The summed E-state index contributed by atoms with van der Waals surface area (Å²) in [6, 6.07) is 9.13. The quantitative estimate of drug-likeness (QED) is 0.257. The molecular formula is C30H35BrN4O5. The number of ether oxygens (including phenoxy) is 3. The highest BCUT2D eigenvalue weighted by molar-refractivity contribution is 9.10. The molecule has 1 aliphatic rings. The summed E-state index contributed by atoms with van der Waals surface area (Å²) in [7, 11) is 0. The van der Waals surface area contributed by atoms with E-state index in [0.29, 0.717) is 73.1 Å². The summed E-state index contributed by atoms with van der Waals surface area (Å²) in [6.07, 6.45) is 3.86. The number of hydrogen-bond acceptors (Lipinski definition) is 7. The first-order chi connectivity index (χ1) is 19.1. The van der Waals surface area contributed by atoms with Gasteiger partial charge in [-0.2, -0.15) is 9.78 Å². The van der Waals surface area contributed by atoms with E-state index in [4.69, 9.17) is 19.2 Å². The number of halogens is 1. The molecule has 1 fully saturated rings. The minimum absolute atomic E-state index is 0.106. The maximum Gasteiger partial charge on any atom is 0.282 e. The van der Waals surface area contributed by atoms with Crippen LogP contribution < -0.4 is 15.0 Å². The minimum atomic E-state index is -0.438. The Kier molecular flexibility index (Phi) is 9.42. The predicted octanol–water partition coefficient (Wildman–Crippen LogP) is 4.70. The summed E-state index contributed by atoms with van der Waals surface area (Å²) in [5, 5.41) is 5.06. The molecule has 2 heterocycles. The monoisotopic (exact) mass is 610 g/mol. The number of fused-ring (bicyclic) bond motifs is 1. The van der Waals surface area contributed by atoms with E-state index in [1.54, 1.807) is 29.3 Å². The van der Waals surface area contributed by atoms with Gasteiger partial charge in [0.05, 0.1) is 36.9 Å². The first-order valence-corrected chi connectivity index (χ1v) is 14.1. The summed E-state index contributed by atoms with van der Waals surface area (Å²) < 4.78 is 19.4. The molecule has 9 nitrogen and oxygen atoms in total. The maximum absolute atomic E-state index is 13.5. The van der Waals surface area contributed by atoms with Crippen LogP contribution in [0.1, 0.15) is 44.6 Å². The smallest absolute Gasteiger partial charge is 0.282 e. The molecular weight excluding hydrogens is 576 g/mol. The third kappa shape index (κ3) is 6.79. The summed E-state index contributed by atoms with van der Waals surface area (Å²) >= 11 is 3.44.